The number of hydrogen-bond donors (Lipinski definition) is 2. The maximum atomic E-state index is 11.9. The lowest BCUT2D eigenvalue weighted by Gasteiger charge is -2.08. The predicted octanol–water partition coefficient (Wildman–Crippen LogP) is 3.51. The average molecular weight is 374 g/mol. The highest BCUT2D eigenvalue weighted by atomic mass is 79.9. The van der Waals surface area contributed by atoms with Crippen LogP contribution < -0.4 is 11.1 Å². The number of halogens is 1. The molecule has 2 rings (SSSR count). The van der Waals surface area contributed by atoms with Crippen LogP contribution in [0, 0.1) is 0 Å². The first-order valence-electron chi connectivity index (χ1n) is 6.06. The molecule has 3 N–H and O–H groups in total. The van der Waals surface area contributed by atoms with E-state index in [1.54, 1.807) is 25.4 Å². The van der Waals surface area contributed by atoms with Crippen molar-refractivity contribution in [2.75, 3.05) is 31.7 Å². The summed E-state index contributed by atoms with van der Waals surface area (Å²) in [5.41, 5.74) is 6.42. The number of amides is 1. The van der Waals surface area contributed by atoms with Crippen LogP contribution >= 0.6 is 38.6 Å². The van der Waals surface area contributed by atoms with E-state index in [-0.39, 0.29) is 5.91 Å². The smallest absolute Gasteiger partial charge is 0.265 e. The van der Waals surface area contributed by atoms with E-state index in [4.69, 9.17) is 5.73 Å². The quantitative estimate of drug-likeness (QED) is 0.842. The summed E-state index contributed by atoms with van der Waals surface area (Å²) in [5.74, 6) is -0.0530. The van der Waals surface area contributed by atoms with Gasteiger partial charge >= 0.3 is 0 Å². The zero-order valence-corrected chi connectivity index (χ0v) is 14.5. The summed E-state index contributed by atoms with van der Waals surface area (Å²) >= 11 is 6.59. The fourth-order valence-electron chi connectivity index (χ4n) is 1.66. The predicted molar refractivity (Wildman–Crippen MR) is 91.0 cm³/mol. The highest BCUT2D eigenvalue weighted by molar-refractivity contribution is 9.11. The number of rotatable bonds is 5. The molecule has 0 fully saturated rings. The van der Waals surface area contributed by atoms with Crippen molar-refractivity contribution in [2.24, 2.45) is 0 Å². The third-order valence-corrected chi connectivity index (χ3v) is 5.44. The molecular formula is C13H16BrN3OS2. The first-order valence-corrected chi connectivity index (χ1v) is 8.49. The van der Waals surface area contributed by atoms with E-state index in [9.17, 15) is 4.79 Å². The number of nitrogens with one attached hydrogen (secondary N) is 1. The van der Waals surface area contributed by atoms with Gasteiger partial charge in [-0.05, 0) is 40.5 Å². The highest BCUT2D eigenvalue weighted by Crippen LogP contribution is 2.30. The number of thiophene rings is 2. The monoisotopic (exact) mass is 373 g/mol. The highest BCUT2D eigenvalue weighted by Gasteiger charge is 2.15. The van der Waals surface area contributed by atoms with E-state index in [0.29, 0.717) is 10.6 Å². The Morgan fingerprint density at radius 3 is 2.75 bits per heavy atom. The number of carbonyl (C=O) groups is 1. The van der Waals surface area contributed by atoms with E-state index in [2.05, 4.69) is 33.4 Å². The van der Waals surface area contributed by atoms with Crippen LogP contribution in [0.4, 0.5) is 10.7 Å². The average Bonchev–Trinajstić information content (AvgIpc) is 2.95. The van der Waals surface area contributed by atoms with Crippen molar-refractivity contribution in [2.45, 2.75) is 6.42 Å². The van der Waals surface area contributed by atoms with E-state index >= 15 is 0 Å². The van der Waals surface area contributed by atoms with Crippen molar-refractivity contribution in [3.8, 4) is 0 Å². The van der Waals surface area contributed by atoms with Crippen LogP contribution in [0.3, 0.4) is 0 Å². The molecule has 1 amide bonds. The molecule has 4 nitrogen and oxygen atoms in total. The minimum absolute atomic E-state index is 0.0530. The lowest BCUT2D eigenvalue weighted by molar-refractivity contribution is 0.0833. The Bertz CT molecular complexity index is 607. The fraction of sp³-hybridized carbons (Fsp3) is 0.308. The molecule has 0 spiro atoms. The van der Waals surface area contributed by atoms with Crippen molar-refractivity contribution in [1.82, 2.24) is 4.90 Å². The molecule has 0 saturated carbocycles. The van der Waals surface area contributed by atoms with Gasteiger partial charge < -0.3 is 16.0 Å². The number of nitrogens with two attached hydrogens (primary N) is 1. The number of nitrogens with zero attached hydrogens (tertiary/aromatic N) is 1. The Hall–Kier alpha value is -1.05. The van der Waals surface area contributed by atoms with Crippen molar-refractivity contribution in [3.05, 3.63) is 31.7 Å². The SMILES string of the molecule is CN(C)C(=O)c1sc(NCCc2ccc(Br)s2)cc1N. The second-order valence-electron chi connectivity index (χ2n) is 4.48. The number of hydrogen-bond acceptors (Lipinski definition) is 5. The van der Waals surface area contributed by atoms with Crippen LogP contribution in [0.1, 0.15) is 14.5 Å². The first-order chi connectivity index (χ1) is 9.47. The van der Waals surface area contributed by atoms with Gasteiger partial charge in [0.15, 0.2) is 0 Å². The van der Waals surface area contributed by atoms with Gasteiger partial charge in [0.1, 0.15) is 4.88 Å². The van der Waals surface area contributed by atoms with Crippen molar-refractivity contribution >= 4 is 55.2 Å². The normalized spacial score (nSPS) is 10.6. The van der Waals surface area contributed by atoms with Crippen molar-refractivity contribution in [1.29, 1.82) is 0 Å². The molecule has 0 saturated heterocycles. The van der Waals surface area contributed by atoms with E-state index in [0.717, 1.165) is 21.8 Å². The molecular weight excluding hydrogens is 358 g/mol. The standard InChI is InChI=1S/C13H16BrN3OS2/c1-17(2)13(18)12-9(15)7-11(20-12)16-6-5-8-3-4-10(14)19-8/h3-4,7,16H,5-6,15H2,1-2H3. The molecule has 7 heteroatoms. The second-order valence-corrected chi connectivity index (χ2v) is 8.08. The zero-order chi connectivity index (χ0) is 14.7. The topological polar surface area (TPSA) is 58.4 Å². The summed E-state index contributed by atoms with van der Waals surface area (Å²) in [6.45, 7) is 0.822. The van der Waals surface area contributed by atoms with Crippen LogP contribution in [0.2, 0.25) is 0 Å². The lowest BCUT2D eigenvalue weighted by Crippen LogP contribution is -2.21. The lowest BCUT2D eigenvalue weighted by atomic mass is 10.3. The van der Waals surface area contributed by atoms with Crippen molar-refractivity contribution < 1.29 is 4.79 Å². The number of anilines is 2. The summed E-state index contributed by atoms with van der Waals surface area (Å²) < 4.78 is 1.15. The van der Waals surface area contributed by atoms with Gasteiger partial charge in [-0.1, -0.05) is 0 Å². The molecule has 0 unspecified atom stereocenters. The number of carbonyl (C=O) groups excluding carboxylic acids is 1. The summed E-state index contributed by atoms with van der Waals surface area (Å²) in [6.07, 6.45) is 0.949. The Kier molecular flexibility index (Phi) is 5.06. The Morgan fingerprint density at radius 1 is 1.40 bits per heavy atom. The van der Waals surface area contributed by atoms with Gasteiger partial charge in [-0.25, -0.2) is 0 Å². The molecule has 20 heavy (non-hydrogen) atoms. The van der Waals surface area contributed by atoms with Gasteiger partial charge in [0.2, 0.25) is 0 Å². The second kappa shape index (κ2) is 6.60. The van der Waals surface area contributed by atoms with Gasteiger partial charge in [0.25, 0.3) is 5.91 Å². The molecule has 0 aromatic carbocycles. The molecule has 0 aliphatic carbocycles. The molecule has 2 aromatic heterocycles. The molecule has 0 aliphatic heterocycles. The van der Waals surface area contributed by atoms with Crippen LogP contribution in [0.25, 0.3) is 0 Å². The fourth-order valence-corrected chi connectivity index (χ4v) is 4.17. The van der Waals surface area contributed by atoms with Gasteiger partial charge in [0, 0.05) is 25.5 Å². The molecule has 0 aliphatic rings. The minimum Gasteiger partial charge on any atom is -0.397 e. The van der Waals surface area contributed by atoms with E-state index in [1.807, 2.05) is 6.07 Å². The molecule has 0 radical (unpaired) electrons. The van der Waals surface area contributed by atoms with Gasteiger partial charge in [-0.3, -0.25) is 4.79 Å². The largest absolute Gasteiger partial charge is 0.397 e. The summed E-state index contributed by atoms with van der Waals surface area (Å²) in [4.78, 5) is 15.4. The summed E-state index contributed by atoms with van der Waals surface area (Å²) in [6, 6.07) is 5.99. The van der Waals surface area contributed by atoms with Gasteiger partial charge in [0.05, 0.1) is 14.5 Å². The third kappa shape index (κ3) is 3.74. The maximum absolute atomic E-state index is 11.9. The van der Waals surface area contributed by atoms with Crippen LogP contribution in [-0.2, 0) is 6.42 Å². The summed E-state index contributed by atoms with van der Waals surface area (Å²) in [5, 5.41) is 4.25. The molecule has 0 atom stereocenters. The van der Waals surface area contributed by atoms with Crippen molar-refractivity contribution in [3.63, 3.8) is 0 Å². The Balaban J connectivity index is 1.94. The van der Waals surface area contributed by atoms with E-state index in [1.165, 1.54) is 21.1 Å². The van der Waals surface area contributed by atoms with Gasteiger partial charge in [-0.2, -0.15) is 0 Å². The third-order valence-electron chi connectivity index (χ3n) is 2.66. The Labute approximate surface area is 134 Å². The van der Waals surface area contributed by atoms with Crippen LogP contribution in [0.15, 0.2) is 22.0 Å². The molecule has 2 aromatic rings. The number of nitrogen functional groups attached to an aromatic ring is 1. The minimum atomic E-state index is -0.0530. The first kappa shape index (κ1) is 15.3. The molecule has 108 valence electrons. The van der Waals surface area contributed by atoms with Crippen LogP contribution in [0.5, 0.6) is 0 Å². The zero-order valence-electron chi connectivity index (χ0n) is 11.3. The maximum Gasteiger partial charge on any atom is 0.265 e. The van der Waals surface area contributed by atoms with Crippen LogP contribution in [-0.4, -0.2) is 31.4 Å². The van der Waals surface area contributed by atoms with E-state index < -0.39 is 0 Å². The molecule has 0 bridgehead atoms. The molecule has 2 heterocycles. The summed E-state index contributed by atoms with van der Waals surface area (Å²) in [7, 11) is 3.45. The van der Waals surface area contributed by atoms with Gasteiger partial charge in [-0.15, -0.1) is 22.7 Å². The Morgan fingerprint density at radius 2 is 2.15 bits per heavy atom.